The number of anilines is 1. The molecule has 2 aromatic carbocycles. The number of hydrogen-bond donors (Lipinski definition) is 0. The molecule has 0 spiro atoms. The summed E-state index contributed by atoms with van der Waals surface area (Å²) in [5, 5.41) is 8.03. The first-order chi connectivity index (χ1) is 16.9. The van der Waals surface area contributed by atoms with Crippen molar-refractivity contribution in [3.63, 3.8) is 0 Å². The fourth-order valence-corrected chi connectivity index (χ4v) is 4.76. The Balaban J connectivity index is 1.74. The quantitative estimate of drug-likeness (QED) is 0.396. The van der Waals surface area contributed by atoms with E-state index in [4.69, 9.17) is 16.3 Å². The first-order valence-electron chi connectivity index (χ1n) is 10.6. The number of halogens is 5. The van der Waals surface area contributed by atoms with Gasteiger partial charge in [0.1, 0.15) is 18.0 Å². The van der Waals surface area contributed by atoms with Gasteiger partial charge in [-0.25, -0.2) is 22.3 Å². The maximum atomic E-state index is 14.3. The summed E-state index contributed by atoms with van der Waals surface area (Å²) in [4.78, 5) is 14.0. The highest BCUT2D eigenvalue weighted by Crippen LogP contribution is 2.40. The Hall–Kier alpha value is -3.19. The van der Waals surface area contributed by atoms with Crippen molar-refractivity contribution in [3.05, 3.63) is 76.3 Å². The summed E-state index contributed by atoms with van der Waals surface area (Å²) in [6.45, 7) is 1.30. The molecular weight excluding hydrogens is 528 g/mol. The lowest BCUT2D eigenvalue weighted by molar-refractivity contribution is -0.137. The number of nitrogens with zero attached hydrogens (tertiary/aromatic N) is 4. The van der Waals surface area contributed by atoms with Gasteiger partial charge in [-0.15, -0.1) is 5.10 Å². The number of cyclic esters (lactones) is 1. The van der Waals surface area contributed by atoms with Crippen LogP contribution in [0.25, 0.3) is 0 Å². The van der Waals surface area contributed by atoms with E-state index in [9.17, 15) is 30.8 Å². The van der Waals surface area contributed by atoms with E-state index >= 15 is 0 Å². The molecule has 2 heterocycles. The Morgan fingerprint density at radius 1 is 1.14 bits per heavy atom. The molecule has 2 atom stereocenters. The zero-order chi connectivity index (χ0) is 26.3. The highest BCUT2D eigenvalue weighted by Gasteiger charge is 2.45. The van der Waals surface area contributed by atoms with E-state index in [0.717, 1.165) is 17.0 Å². The van der Waals surface area contributed by atoms with Crippen LogP contribution in [0, 0.1) is 5.82 Å². The second kappa shape index (κ2) is 9.69. The summed E-state index contributed by atoms with van der Waals surface area (Å²) in [5.74, 6) is -1.59. The summed E-state index contributed by atoms with van der Waals surface area (Å²) in [5.41, 5.74) is -0.957. The molecule has 192 valence electrons. The highest BCUT2D eigenvalue weighted by molar-refractivity contribution is 7.90. The van der Waals surface area contributed by atoms with Crippen molar-refractivity contribution in [2.45, 2.75) is 37.5 Å². The van der Waals surface area contributed by atoms with E-state index in [1.807, 2.05) is 0 Å². The van der Waals surface area contributed by atoms with E-state index in [1.165, 1.54) is 42.1 Å². The maximum absolute atomic E-state index is 14.3. The number of carbonyl (C=O) groups excluding carboxylic acids is 1. The van der Waals surface area contributed by atoms with Gasteiger partial charge in [-0.05, 0) is 48.0 Å². The topological polar surface area (TPSA) is 94.4 Å². The number of benzene rings is 2. The molecule has 1 amide bonds. The normalized spacial score (nSPS) is 18.5. The number of rotatable bonds is 7. The molecular formula is C22H19ClF4N4O4S. The minimum absolute atomic E-state index is 0.0979. The van der Waals surface area contributed by atoms with Crippen LogP contribution in [0.3, 0.4) is 0 Å². The molecule has 36 heavy (non-hydrogen) atoms. The number of carbonyl (C=O) groups is 1. The number of ether oxygens (including phenoxy) is 1. The third-order valence-corrected chi connectivity index (χ3v) is 7.40. The second-order valence-electron chi connectivity index (χ2n) is 8.09. The minimum Gasteiger partial charge on any atom is -0.441 e. The van der Waals surface area contributed by atoms with Crippen molar-refractivity contribution in [2.75, 3.05) is 10.7 Å². The fourth-order valence-electron chi connectivity index (χ4n) is 3.85. The molecule has 0 saturated carbocycles. The Morgan fingerprint density at radius 3 is 2.47 bits per heavy atom. The van der Waals surface area contributed by atoms with Crippen LogP contribution < -0.4 is 4.90 Å². The van der Waals surface area contributed by atoms with Crippen LogP contribution in [0.1, 0.15) is 29.8 Å². The molecule has 1 saturated heterocycles. The fraction of sp³-hybridized carbons (Fsp3) is 0.318. The predicted molar refractivity (Wildman–Crippen MR) is 122 cm³/mol. The first kappa shape index (κ1) is 25.9. The molecule has 8 nitrogen and oxygen atoms in total. The number of sulfone groups is 1. The molecule has 1 aromatic heterocycles. The number of hydrogen-bond acceptors (Lipinski definition) is 6. The Morgan fingerprint density at radius 2 is 1.83 bits per heavy atom. The molecule has 4 rings (SSSR count). The van der Waals surface area contributed by atoms with Crippen LogP contribution in [0.4, 0.5) is 28.0 Å². The van der Waals surface area contributed by atoms with Crippen molar-refractivity contribution in [3.8, 4) is 0 Å². The molecule has 1 fully saturated rings. The maximum Gasteiger partial charge on any atom is 0.416 e. The Labute approximate surface area is 208 Å². The largest absolute Gasteiger partial charge is 0.441 e. The van der Waals surface area contributed by atoms with Gasteiger partial charge in [0.2, 0.25) is 0 Å². The lowest BCUT2D eigenvalue weighted by Gasteiger charge is -2.26. The minimum atomic E-state index is -4.83. The average Bonchev–Trinajstić information content (AvgIpc) is 3.36. The number of aromatic nitrogens is 3. The van der Waals surface area contributed by atoms with Crippen LogP contribution in [0.2, 0.25) is 5.02 Å². The summed E-state index contributed by atoms with van der Waals surface area (Å²) in [6, 6.07) is 6.77. The summed E-state index contributed by atoms with van der Waals surface area (Å²) in [7, 11) is -3.39. The molecule has 0 bridgehead atoms. The van der Waals surface area contributed by atoms with Crippen molar-refractivity contribution in [2.24, 2.45) is 0 Å². The molecule has 14 heteroatoms. The Bertz CT molecular complexity index is 1380. The van der Waals surface area contributed by atoms with Gasteiger partial charge in [0.15, 0.2) is 9.84 Å². The van der Waals surface area contributed by atoms with Crippen LogP contribution in [-0.2, 0) is 33.0 Å². The highest BCUT2D eigenvalue weighted by atomic mass is 35.5. The lowest BCUT2D eigenvalue weighted by atomic mass is 9.97. The van der Waals surface area contributed by atoms with Gasteiger partial charge in [-0.2, -0.15) is 13.2 Å². The van der Waals surface area contributed by atoms with Crippen molar-refractivity contribution < 1.29 is 35.5 Å². The average molecular weight is 547 g/mol. The van der Waals surface area contributed by atoms with Crippen molar-refractivity contribution in [1.82, 2.24) is 15.0 Å². The standard InChI is InChI=1S/C22H19ClF4N4O4S/c1-2-36(33,34)12-17-10-30(29-28-17)11-19-20(13-7-14(22(25,26)27)9-16(24)8-13)31(21(32)35-19)18-5-3-15(23)4-6-18/h3-10,19-20H,2,11-12H2,1H3/t19-,20-/m0/s1. The van der Waals surface area contributed by atoms with Gasteiger partial charge in [0.05, 0.1) is 23.6 Å². The smallest absolute Gasteiger partial charge is 0.416 e. The molecule has 0 radical (unpaired) electrons. The molecule has 1 aliphatic heterocycles. The van der Waals surface area contributed by atoms with Crippen LogP contribution in [-0.4, -0.2) is 41.4 Å². The van der Waals surface area contributed by atoms with E-state index in [-0.39, 0.29) is 35.0 Å². The van der Waals surface area contributed by atoms with Crippen LogP contribution in [0.15, 0.2) is 48.7 Å². The molecule has 0 aliphatic carbocycles. The second-order valence-corrected chi connectivity index (χ2v) is 10.9. The summed E-state index contributed by atoms with van der Waals surface area (Å²) in [6.07, 6.45) is -5.48. The van der Waals surface area contributed by atoms with Gasteiger partial charge >= 0.3 is 12.3 Å². The van der Waals surface area contributed by atoms with E-state index in [0.29, 0.717) is 11.1 Å². The van der Waals surface area contributed by atoms with Gasteiger partial charge in [-0.1, -0.05) is 23.7 Å². The van der Waals surface area contributed by atoms with E-state index in [2.05, 4.69) is 10.3 Å². The Kier molecular flexibility index (Phi) is 6.97. The lowest BCUT2D eigenvalue weighted by Crippen LogP contribution is -2.31. The van der Waals surface area contributed by atoms with Gasteiger partial charge in [0, 0.05) is 22.7 Å². The zero-order valence-electron chi connectivity index (χ0n) is 18.6. The van der Waals surface area contributed by atoms with Gasteiger partial charge in [0.25, 0.3) is 0 Å². The van der Waals surface area contributed by atoms with Gasteiger partial charge in [-0.3, -0.25) is 4.90 Å². The van der Waals surface area contributed by atoms with E-state index < -0.39 is 45.6 Å². The van der Waals surface area contributed by atoms with Crippen LogP contribution >= 0.6 is 11.6 Å². The van der Waals surface area contributed by atoms with Crippen molar-refractivity contribution in [1.29, 1.82) is 0 Å². The van der Waals surface area contributed by atoms with E-state index in [1.54, 1.807) is 0 Å². The van der Waals surface area contributed by atoms with Crippen LogP contribution in [0.5, 0.6) is 0 Å². The number of alkyl halides is 3. The number of amides is 1. The predicted octanol–water partition coefficient (Wildman–Crippen LogP) is 4.79. The SMILES string of the molecule is CCS(=O)(=O)Cc1cn(C[C@@H]2OC(=O)N(c3ccc(Cl)cc3)[C@H]2c2cc(F)cc(C(F)(F)F)c2)nn1. The third kappa shape index (κ3) is 5.62. The molecule has 1 aliphatic rings. The zero-order valence-corrected chi connectivity index (χ0v) is 20.2. The summed E-state index contributed by atoms with van der Waals surface area (Å²) >= 11 is 5.92. The first-order valence-corrected chi connectivity index (χ1v) is 12.8. The third-order valence-electron chi connectivity index (χ3n) is 5.53. The van der Waals surface area contributed by atoms with Gasteiger partial charge < -0.3 is 4.74 Å². The van der Waals surface area contributed by atoms with Crippen molar-refractivity contribution >= 4 is 33.2 Å². The molecule has 0 unspecified atom stereocenters. The summed E-state index contributed by atoms with van der Waals surface area (Å²) < 4.78 is 85.0. The monoisotopic (exact) mass is 546 g/mol. The molecule has 3 aromatic rings. The molecule has 0 N–H and O–H groups in total.